The average Bonchev–Trinajstić information content (AvgIpc) is 3.53. The van der Waals surface area contributed by atoms with Gasteiger partial charge in [-0.3, -0.25) is 24.6 Å². The van der Waals surface area contributed by atoms with Crippen molar-refractivity contribution in [3.8, 4) is 6.07 Å². The molecule has 1 unspecified atom stereocenters. The summed E-state index contributed by atoms with van der Waals surface area (Å²) < 4.78 is 14.5. The Morgan fingerprint density at radius 3 is 2.33 bits per heavy atom. The van der Waals surface area contributed by atoms with Gasteiger partial charge in [-0.05, 0) is 91.6 Å². The van der Waals surface area contributed by atoms with Crippen LogP contribution in [0.25, 0.3) is 0 Å². The molecular weight excluding hydrogens is 698 g/mol. The molecule has 0 spiro atoms. The van der Waals surface area contributed by atoms with E-state index in [-0.39, 0.29) is 41.1 Å². The standard InChI is InChI=1S/C42H48FN9O3/c43-34-9-10-36(40(46)39(34)35(45)23-44)51-15-1-2-29(25-51)28-3-5-31(6-4-28)49-16-13-27(14-17-49)24-48-18-20-50(21-19-48)32-7-8-33-30(22-32)26-52(42(33)55)37-11-12-38(53)47-41(37)54/h3-10,22,27,29,37,45H,1-2,11-21,24-26,46H2,(H,47,53,54)/p+1/t29-,37?/m1/s1. The Morgan fingerprint density at radius 2 is 1.60 bits per heavy atom. The lowest BCUT2D eigenvalue weighted by Gasteiger charge is -2.40. The fourth-order valence-electron chi connectivity index (χ4n) is 9.30. The minimum atomic E-state index is -0.597. The van der Waals surface area contributed by atoms with Crippen molar-refractivity contribution < 1.29 is 24.2 Å². The highest BCUT2D eigenvalue weighted by molar-refractivity contribution is 6.12. The van der Waals surface area contributed by atoms with Crippen LogP contribution >= 0.6 is 0 Å². The summed E-state index contributed by atoms with van der Waals surface area (Å²) in [6.45, 7) is 9.03. The molecule has 8 rings (SSSR count). The maximum Gasteiger partial charge on any atom is 0.287 e. The number of rotatable bonds is 8. The minimum absolute atomic E-state index is 0.00657. The Bertz CT molecular complexity index is 2030. The molecular formula is C42H49FN9O3+. The molecule has 286 valence electrons. The number of carbonyl (C=O) groups is 3. The number of piperidine rings is 3. The molecule has 3 amide bonds. The van der Waals surface area contributed by atoms with E-state index in [4.69, 9.17) is 11.1 Å². The second-order valence-corrected chi connectivity index (χ2v) is 15.7. The minimum Gasteiger partial charge on any atom is -0.396 e. The van der Waals surface area contributed by atoms with Crippen molar-refractivity contribution in [1.82, 2.24) is 15.1 Å². The summed E-state index contributed by atoms with van der Waals surface area (Å²) in [5.74, 6) is -0.385. The van der Waals surface area contributed by atoms with Gasteiger partial charge in [-0.1, -0.05) is 12.1 Å². The van der Waals surface area contributed by atoms with Crippen molar-refractivity contribution >= 4 is 46.2 Å². The van der Waals surface area contributed by atoms with Gasteiger partial charge < -0.3 is 25.3 Å². The topological polar surface area (TPSA) is 155 Å². The highest BCUT2D eigenvalue weighted by Crippen LogP contribution is 2.36. The number of hydrogen-bond donors (Lipinski definition) is 3. The third-order valence-corrected chi connectivity index (χ3v) is 12.4. The first-order chi connectivity index (χ1) is 26.7. The van der Waals surface area contributed by atoms with Crippen LogP contribution in [0.3, 0.4) is 0 Å². The second kappa shape index (κ2) is 15.3. The summed E-state index contributed by atoms with van der Waals surface area (Å²) >= 11 is 0. The molecule has 5 heterocycles. The van der Waals surface area contributed by atoms with E-state index in [9.17, 15) is 24.0 Å². The fourth-order valence-corrected chi connectivity index (χ4v) is 9.30. The quantitative estimate of drug-likeness (QED) is 0.179. The van der Waals surface area contributed by atoms with E-state index in [1.165, 1.54) is 17.3 Å². The molecule has 4 saturated heterocycles. The summed E-state index contributed by atoms with van der Waals surface area (Å²) in [6.07, 6.45) is 5.00. The monoisotopic (exact) mass is 746 g/mol. The van der Waals surface area contributed by atoms with E-state index >= 15 is 0 Å². The van der Waals surface area contributed by atoms with Gasteiger partial charge in [0.25, 0.3) is 11.6 Å². The number of amides is 3. The number of benzene rings is 3. The Kier molecular flexibility index (Phi) is 10.2. The van der Waals surface area contributed by atoms with E-state index in [0.29, 0.717) is 30.4 Å². The van der Waals surface area contributed by atoms with Crippen molar-refractivity contribution in [3.05, 3.63) is 82.7 Å². The van der Waals surface area contributed by atoms with Crippen molar-refractivity contribution in [2.45, 2.75) is 57.0 Å². The number of piperazine rings is 1. The van der Waals surface area contributed by atoms with E-state index in [1.807, 2.05) is 18.2 Å². The zero-order chi connectivity index (χ0) is 38.2. The molecule has 5 aliphatic heterocycles. The number of nitriles is 1. The fraction of sp³-hybridized carbons (Fsp3) is 0.452. The molecule has 0 radical (unpaired) electrons. The zero-order valence-electron chi connectivity index (χ0n) is 31.2. The van der Waals surface area contributed by atoms with Gasteiger partial charge in [0.2, 0.25) is 11.8 Å². The number of anilines is 4. The lowest BCUT2D eigenvalue weighted by Crippen LogP contribution is -2.52. The normalized spacial score (nSPS) is 22.4. The highest BCUT2D eigenvalue weighted by atomic mass is 19.1. The summed E-state index contributed by atoms with van der Waals surface area (Å²) in [5.41, 5.74) is 12.3. The smallest absolute Gasteiger partial charge is 0.287 e. The Hall–Kier alpha value is -5.48. The van der Waals surface area contributed by atoms with Crippen molar-refractivity contribution in [2.75, 3.05) is 79.3 Å². The molecule has 55 heavy (non-hydrogen) atoms. The van der Waals surface area contributed by atoms with E-state index < -0.39 is 11.9 Å². The predicted molar refractivity (Wildman–Crippen MR) is 209 cm³/mol. The largest absolute Gasteiger partial charge is 0.396 e. The number of nitrogens with two attached hydrogens (primary N) is 2. The van der Waals surface area contributed by atoms with Crippen LogP contribution in [0, 0.1) is 23.1 Å². The molecule has 0 aliphatic carbocycles. The second-order valence-electron chi connectivity index (χ2n) is 15.7. The lowest BCUT2D eigenvalue weighted by molar-refractivity contribution is -0.137. The van der Waals surface area contributed by atoms with Crippen molar-refractivity contribution in [3.63, 3.8) is 0 Å². The van der Waals surface area contributed by atoms with Crippen LogP contribution in [0.15, 0.2) is 54.6 Å². The van der Waals surface area contributed by atoms with Gasteiger partial charge in [0, 0.05) is 94.7 Å². The summed E-state index contributed by atoms with van der Waals surface area (Å²) in [4.78, 5) is 48.5. The van der Waals surface area contributed by atoms with Crippen LogP contribution in [0.5, 0.6) is 0 Å². The van der Waals surface area contributed by atoms with Gasteiger partial charge in [0.1, 0.15) is 17.4 Å². The van der Waals surface area contributed by atoms with E-state index in [2.05, 4.69) is 55.2 Å². The molecule has 3 aromatic carbocycles. The average molecular weight is 747 g/mol. The first-order valence-corrected chi connectivity index (χ1v) is 19.6. The molecule has 12 nitrogen and oxygen atoms in total. The number of nitrogens with zero attached hydrogens (tertiary/aromatic N) is 6. The van der Waals surface area contributed by atoms with Crippen LogP contribution in [-0.4, -0.2) is 98.2 Å². The SMILES string of the molecule is N#CC(=[NH2+])c1c(F)ccc(N2CCC[C@@H](c3ccc(N4CCC(CN5CCN(c6ccc7c(c6)CN(C6CCC(=O)NC6=O)C7=O)CC5)CC4)cc3)C2)c1N. The van der Waals surface area contributed by atoms with Crippen LogP contribution in [0.1, 0.15) is 71.5 Å². The van der Waals surface area contributed by atoms with Crippen LogP contribution in [0.4, 0.5) is 27.1 Å². The van der Waals surface area contributed by atoms with E-state index in [0.717, 1.165) is 102 Å². The number of fused-ring (bicyclic) bond motifs is 1. The summed E-state index contributed by atoms with van der Waals surface area (Å²) in [5, 5.41) is 17.4. The van der Waals surface area contributed by atoms with E-state index in [1.54, 1.807) is 11.0 Å². The summed E-state index contributed by atoms with van der Waals surface area (Å²) in [7, 11) is 0. The third kappa shape index (κ3) is 7.35. The number of halogens is 1. The van der Waals surface area contributed by atoms with Gasteiger partial charge in [-0.2, -0.15) is 5.26 Å². The lowest BCUT2D eigenvalue weighted by atomic mass is 9.89. The number of carbonyl (C=O) groups excluding carboxylic acids is 3. The molecule has 13 heteroatoms. The van der Waals surface area contributed by atoms with Gasteiger partial charge in [-0.15, -0.1) is 0 Å². The van der Waals surface area contributed by atoms with Gasteiger partial charge >= 0.3 is 0 Å². The van der Waals surface area contributed by atoms with Crippen LogP contribution in [-0.2, 0) is 16.1 Å². The maximum absolute atomic E-state index is 14.5. The third-order valence-electron chi connectivity index (χ3n) is 12.4. The van der Waals surface area contributed by atoms with Crippen molar-refractivity contribution in [2.24, 2.45) is 5.92 Å². The van der Waals surface area contributed by atoms with Gasteiger partial charge in [0.15, 0.2) is 6.07 Å². The van der Waals surface area contributed by atoms with Crippen molar-refractivity contribution in [1.29, 1.82) is 5.26 Å². The number of hydrogen-bond acceptors (Lipinski definition) is 9. The van der Waals surface area contributed by atoms with Crippen LogP contribution < -0.4 is 31.2 Å². The molecule has 5 N–H and O–H groups in total. The first-order valence-electron chi connectivity index (χ1n) is 19.6. The molecule has 0 saturated carbocycles. The molecule has 0 bridgehead atoms. The molecule has 3 aromatic rings. The zero-order valence-corrected chi connectivity index (χ0v) is 31.2. The number of imide groups is 1. The first kappa shape index (κ1) is 36.5. The predicted octanol–water partition coefficient (Wildman–Crippen LogP) is 2.66. The number of nitrogen functional groups attached to an aromatic ring is 1. The highest BCUT2D eigenvalue weighted by Gasteiger charge is 2.39. The Morgan fingerprint density at radius 1 is 0.873 bits per heavy atom. The summed E-state index contributed by atoms with van der Waals surface area (Å²) in [6, 6.07) is 19.3. The van der Waals surface area contributed by atoms with Crippen LogP contribution in [0.2, 0.25) is 0 Å². The van der Waals surface area contributed by atoms with Gasteiger partial charge in [-0.25, -0.2) is 9.80 Å². The molecule has 5 aliphatic rings. The molecule has 2 atom stereocenters. The van der Waals surface area contributed by atoms with Gasteiger partial charge in [0.05, 0.1) is 11.4 Å². The maximum atomic E-state index is 14.5. The molecule has 0 aromatic heterocycles. The molecule has 4 fully saturated rings. The Labute approximate surface area is 321 Å². The Balaban J connectivity index is 0.799. The number of nitrogens with one attached hydrogen (secondary N) is 1.